The van der Waals surface area contributed by atoms with E-state index in [2.05, 4.69) is 15.1 Å². The van der Waals surface area contributed by atoms with Crippen LogP contribution in [0.25, 0.3) is 0 Å². The second-order valence-corrected chi connectivity index (χ2v) is 7.79. The van der Waals surface area contributed by atoms with E-state index < -0.39 is 11.9 Å². The second kappa shape index (κ2) is 7.14. The molecular formula is C17H18F3N5OS. The van der Waals surface area contributed by atoms with Crippen LogP contribution in [0.5, 0.6) is 0 Å². The summed E-state index contributed by atoms with van der Waals surface area (Å²) in [5.41, 5.74) is 0.808. The van der Waals surface area contributed by atoms with E-state index in [-0.39, 0.29) is 17.4 Å². The number of fused-ring (bicyclic) bond motifs is 1. The summed E-state index contributed by atoms with van der Waals surface area (Å²) >= 11 is 1.78. The first kappa shape index (κ1) is 18.3. The maximum atomic E-state index is 12.9. The number of aryl methyl sites for hydroxylation is 1. The molecule has 1 atom stereocenters. The Labute approximate surface area is 157 Å². The lowest BCUT2D eigenvalue weighted by Crippen LogP contribution is -2.38. The lowest BCUT2D eigenvalue weighted by molar-refractivity contribution is -0.141. The van der Waals surface area contributed by atoms with E-state index in [9.17, 15) is 18.0 Å². The average molecular weight is 397 g/mol. The van der Waals surface area contributed by atoms with Crippen LogP contribution in [0.4, 0.5) is 19.0 Å². The first-order valence-electron chi connectivity index (χ1n) is 8.75. The molecule has 0 spiro atoms. The lowest BCUT2D eigenvalue weighted by Gasteiger charge is -2.26. The van der Waals surface area contributed by atoms with E-state index in [0.717, 1.165) is 54.4 Å². The maximum Gasteiger partial charge on any atom is 0.433 e. The molecule has 0 saturated carbocycles. The number of anilines is 1. The SMILES string of the molecule is O=c1cc2c(nn1CC1CCCN1c1cc(C(F)(F)F)ncn1)CCSC2. The van der Waals surface area contributed by atoms with Crippen molar-refractivity contribution in [2.24, 2.45) is 0 Å². The fraction of sp³-hybridized carbons (Fsp3) is 0.529. The first-order chi connectivity index (χ1) is 12.9. The van der Waals surface area contributed by atoms with Crippen molar-refractivity contribution >= 4 is 17.6 Å². The highest BCUT2D eigenvalue weighted by Gasteiger charge is 2.34. The van der Waals surface area contributed by atoms with Gasteiger partial charge in [-0.2, -0.15) is 30.0 Å². The fourth-order valence-corrected chi connectivity index (χ4v) is 4.52. The molecule has 0 radical (unpaired) electrons. The minimum atomic E-state index is -4.51. The van der Waals surface area contributed by atoms with Gasteiger partial charge in [0, 0.05) is 30.9 Å². The van der Waals surface area contributed by atoms with E-state index in [1.54, 1.807) is 17.8 Å². The molecule has 2 aliphatic rings. The molecule has 2 aromatic rings. The summed E-state index contributed by atoms with van der Waals surface area (Å²) in [6.07, 6.45) is -1.15. The Balaban J connectivity index is 1.59. The third kappa shape index (κ3) is 3.80. The van der Waals surface area contributed by atoms with Crippen molar-refractivity contribution in [2.45, 2.75) is 43.8 Å². The monoisotopic (exact) mass is 397 g/mol. The van der Waals surface area contributed by atoms with Crippen molar-refractivity contribution in [3.05, 3.63) is 45.8 Å². The van der Waals surface area contributed by atoms with Crippen molar-refractivity contribution in [3.8, 4) is 0 Å². The van der Waals surface area contributed by atoms with Crippen LogP contribution in [0.3, 0.4) is 0 Å². The number of hydrogen-bond donors (Lipinski definition) is 0. The van der Waals surface area contributed by atoms with E-state index in [4.69, 9.17) is 0 Å². The molecule has 0 amide bonds. The molecule has 144 valence electrons. The zero-order valence-corrected chi connectivity index (χ0v) is 15.3. The second-order valence-electron chi connectivity index (χ2n) is 6.69. The molecule has 4 heterocycles. The summed E-state index contributed by atoms with van der Waals surface area (Å²) < 4.78 is 40.3. The molecule has 10 heteroatoms. The molecule has 1 fully saturated rings. The topological polar surface area (TPSA) is 63.9 Å². The van der Waals surface area contributed by atoms with Crippen LogP contribution >= 0.6 is 11.8 Å². The Morgan fingerprint density at radius 1 is 1.26 bits per heavy atom. The Kier molecular flexibility index (Phi) is 4.83. The van der Waals surface area contributed by atoms with Gasteiger partial charge in [-0.3, -0.25) is 4.79 Å². The predicted octanol–water partition coefficient (Wildman–Crippen LogP) is 2.51. The van der Waals surface area contributed by atoms with Crippen molar-refractivity contribution in [1.29, 1.82) is 0 Å². The van der Waals surface area contributed by atoms with Gasteiger partial charge in [0.05, 0.1) is 18.3 Å². The largest absolute Gasteiger partial charge is 0.433 e. The number of thioether (sulfide) groups is 1. The van der Waals surface area contributed by atoms with Gasteiger partial charge in [0.25, 0.3) is 5.56 Å². The van der Waals surface area contributed by atoms with Crippen LogP contribution in [0, 0.1) is 0 Å². The number of halogens is 3. The molecule has 27 heavy (non-hydrogen) atoms. The predicted molar refractivity (Wildman–Crippen MR) is 95.8 cm³/mol. The van der Waals surface area contributed by atoms with Crippen LogP contribution in [0.15, 0.2) is 23.3 Å². The molecule has 1 unspecified atom stereocenters. The third-order valence-corrected chi connectivity index (χ3v) is 5.91. The number of nitrogens with zero attached hydrogens (tertiary/aromatic N) is 5. The van der Waals surface area contributed by atoms with Gasteiger partial charge in [0.2, 0.25) is 0 Å². The first-order valence-corrected chi connectivity index (χ1v) is 9.91. The van der Waals surface area contributed by atoms with Crippen molar-refractivity contribution in [2.75, 3.05) is 17.2 Å². The summed E-state index contributed by atoms with van der Waals surface area (Å²) in [7, 11) is 0. The van der Waals surface area contributed by atoms with Gasteiger partial charge in [-0.05, 0) is 24.2 Å². The molecule has 2 aromatic heterocycles. The minimum absolute atomic E-state index is 0.123. The van der Waals surface area contributed by atoms with E-state index in [1.807, 2.05) is 4.90 Å². The average Bonchev–Trinajstić information content (AvgIpc) is 3.10. The smallest absolute Gasteiger partial charge is 0.352 e. The van der Waals surface area contributed by atoms with Gasteiger partial charge in [-0.15, -0.1) is 0 Å². The molecule has 0 aromatic carbocycles. The van der Waals surface area contributed by atoms with Crippen LogP contribution in [0.1, 0.15) is 29.8 Å². The standard InChI is InChI=1S/C17H18F3N5OS/c18-17(19,20)14-7-15(22-10-21-14)24-4-1-2-12(24)8-25-16(26)6-11-9-27-5-3-13(11)23-25/h6-7,10,12H,1-5,8-9H2. The van der Waals surface area contributed by atoms with E-state index in [1.165, 1.54) is 4.68 Å². The van der Waals surface area contributed by atoms with Crippen molar-refractivity contribution in [3.63, 3.8) is 0 Å². The van der Waals surface area contributed by atoms with Gasteiger partial charge in [0.1, 0.15) is 17.8 Å². The van der Waals surface area contributed by atoms with Gasteiger partial charge in [-0.1, -0.05) is 0 Å². The number of hydrogen-bond acceptors (Lipinski definition) is 6. The Morgan fingerprint density at radius 3 is 2.93 bits per heavy atom. The molecule has 0 aliphatic carbocycles. The van der Waals surface area contributed by atoms with Gasteiger partial charge < -0.3 is 4.90 Å². The number of aromatic nitrogens is 4. The highest BCUT2D eigenvalue weighted by Crippen LogP contribution is 2.31. The van der Waals surface area contributed by atoms with Crippen LogP contribution in [-0.2, 0) is 24.9 Å². The van der Waals surface area contributed by atoms with Crippen LogP contribution < -0.4 is 10.5 Å². The fourth-order valence-electron chi connectivity index (χ4n) is 3.57. The zero-order valence-electron chi connectivity index (χ0n) is 14.4. The van der Waals surface area contributed by atoms with Gasteiger partial charge >= 0.3 is 6.18 Å². The summed E-state index contributed by atoms with van der Waals surface area (Å²) in [6.45, 7) is 0.930. The lowest BCUT2D eigenvalue weighted by atomic mass is 10.2. The Morgan fingerprint density at radius 2 is 2.11 bits per heavy atom. The van der Waals surface area contributed by atoms with Crippen LogP contribution in [-0.4, -0.2) is 38.1 Å². The molecule has 4 rings (SSSR count). The van der Waals surface area contributed by atoms with E-state index >= 15 is 0 Å². The summed E-state index contributed by atoms with van der Waals surface area (Å²) in [4.78, 5) is 21.6. The zero-order chi connectivity index (χ0) is 19.0. The molecule has 1 saturated heterocycles. The highest BCUT2D eigenvalue weighted by molar-refractivity contribution is 7.98. The summed E-state index contributed by atoms with van der Waals surface area (Å²) in [5, 5.41) is 4.51. The molecule has 2 aliphatic heterocycles. The number of rotatable bonds is 3. The highest BCUT2D eigenvalue weighted by atomic mass is 32.2. The van der Waals surface area contributed by atoms with Crippen molar-refractivity contribution in [1.82, 2.24) is 19.7 Å². The Hall–Kier alpha value is -2.10. The molecule has 6 nitrogen and oxygen atoms in total. The normalized spacial score (nSPS) is 20.0. The summed E-state index contributed by atoms with van der Waals surface area (Å²) in [6, 6.07) is 2.49. The molecule has 0 N–H and O–H groups in total. The van der Waals surface area contributed by atoms with Crippen LogP contribution in [0.2, 0.25) is 0 Å². The minimum Gasteiger partial charge on any atom is -0.352 e. The van der Waals surface area contributed by atoms with Gasteiger partial charge in [0.15, 0.2) is 0 Å². The number of alkyl halides is 3. The quantitative estimate of drug-likeness (QED) is 0.793. The van der Waals surface area contributed by atoms with Crippen molar-refractivity contribution < 1.29 is 13.2 Å². The van der Waals surface area contributed by atoms with E-state index in [0.29, 0.717) is 13.1 Å². The third-order valence-electron chi connectivity index (χ3n) is 4.90. The van der Waals surface area contributed by atoms with Gasteiger partial charge in [-0.25, -0.2) is 14.6 Å². The molecule has 0 bridgehead atoms. The Bertz CT molecular complexity index is 901. The summed E-state index contributed by atoms with van der Waals surface area (Å²) in [5.74, 6) is 2.02. The maximum absolute atomic E-state index is 12.9. The molecular weight excluding hydrogens is 379 g/mol.